The molecule has 1 fully saturated rings. The van der Waals surface area contributed by atoms with Crippen LogP contribution in [-0.2, 0) is 9.84 Å². The molecular weight excluding hydrogens is 452 g/mol. The molecule has 0 radical (unpaired) electrons. The van der Waals surface area contributed by atoms with Gasteiger partial charge in [-0.1, -0.05) is 18.2 Å². The average Bonchev–Trinajstić information content (AvgIpc) is 2.76. The molecule has 1 aliphatic rings. The number of ether oxygens (including phenoxy) is 2. The number of benzene rings is 2. The second kappa shape index (κ2) is 10.5. The predicted octanol–water partition coefficient (Wildman–Crippen LogP) is 3.19. The van der Waals surface area contributed by atoms with Crippen molar-refractivity contribution >= 4 is 9.84 Å². The highest BCUT2D eigenvalue weighted by Crippen LogP contribution is 2.31. The van der Waals surface area contributed by atoms with Crippen LogP contribution in [0.3, 0.4) is 0 Å². The third-order valence-electron chi connectivity index (χ3n) is 5.06. The minimum atomic E-state index is -5.41. The van der Waals surface area contributed by atoms with E-state index in [0.717, 1.165) is 38.3 Å². The van der Waals surface area contributed by atoms with Crippen LogP contribution in [0.4, 0.5) is 17.6 Å². The van der Waals surface area contributed by atoms with Crippen molar-refractivity contribution in [3.63, 3.8) is 0 Å². The van der Waals surface area contributed by atoms with Crippen LogP contribution in [0.25, 0.3) is 0 Å². The number of hydrogen-bond donors (Lipinski definition) is 0. The van der Waals surface area contributed by atoms with Crippen molar-refractivity contribution in [2.24, 2.45) is 0 Å². The van der Waals surface area contributed by atoms with Crippen LogP contribution >= 0.6 is 0 Å². The Balaban J connectivity index is 1.38. The van der Waals surface area contributed by atoms with Gasteiger partial charge in [-0.15, -0.1) is 0 Å². The molecule has 0 spiro atoms. The van der Waals surface area contributed by atoms with Crippen LogP contribution in [0.2, 0.25) is 0 Å². The molecule has 32 heavy (non-hydrogen) atoms. The summed E-state index contributed by atoms with van der Waals surface area (Å²) in [6.07, 6.45) is 0. The molecule has 0 bridgehead atoms. The van der Waals surface area contributed by atoms with Crippen molar-refractivity contribution in [2.45, 2.75) is 10.4 Å². The first kappa shape index (κ1) is 24.3. The molecule has 0 unspecified atom stereocenters. The topological polar surface area (TPSA) is 59.1 Å². The number of sulfone groups is 1. The van der Waals surface area contributed by atoms with E-state index in [1.807, 2.05) is 0 Å². The van der Waals surface area contributed by atoms with Crippen LogP contribution in [0.15, 0.2) is 53.4 Å². The molecular formula is C21H24F4N2O4S. The van der Waals surface area contributed by atoms with Gasteiger partial charge < -0.3 is 9.47 Å². The number of nitrogens with zero attached hydrogens (tertiary/aromatic N) is 2. The SMILES string of the molecule is O=S(=O)(c1cccc(OCCN2CCN(CCOc3ccccc3F)CC2)c1)C(F)(F)F. The monoisotopic (exact) mass is 476 g/mol. The maximum Gasteiger partial charge on any atom is 0.501 e. The van der Waals surface area contributed by atoms with E-state index in [1.165, 1.54) is 18.2 Å². The van der Waals surface area contributed by atoms with E-state index >= 15 is 0 Å². The molecule has 1 saturated heterocycles. The second-order valence-electron chi connectivity index (χ2n) is 7.23. The summed E-state index contributed by atoms with van der Waals surface area (Å²) in [6.45, 7) is 4.93. The van der Waals surface area contributed by atoms with Crippen molar-refractivity contribution in [3.05, 3.63) is 54.3 Å². The van der Waals surface area contributed by atoms with E-state index in [0.29, 0.717) is 19.7 Å². The van der Waals surface area contributed by atoms with Crippen molar-refractivity contribution in [3.8, 4) is 11.5 Å². The van der Waals surface area contributed by atoms with Gasteiger partial charge in [-0.05, 0) is 30.3 Å². The number of hydrogen-bond acceptors (Lipinski definition) is 6. The Kier molecular flexibility index (Phi) is 7.96. The van der Waals surface area contributed by atoms with E-state index in [-0.39, 0.29) is 23.9 Å². The van der Waals surface area contributed by atoms with Gasteiger partial charge in [0.25, 0.3) is 9.84 Å². The normalized spacial score (nSPS) is 16.1. The van der Waals surface area contributed by atoms with Crippen LogP contribution in [0, 0.1) is 5.82 Å². The van der Waals surface area contributed by atoms with E-state index < -0.39 is 20.2 Å². The number of para-hydroxylation sites is 1. The number of halogens is 4. The van der Waals surface area contributed by atoms with Crippen molar-refractivity contribution in [1.29, 1.82) is 0 Å². The van der Waals surface area contributed by atoms with E-state index in [2.05, 4.69) is 9.80 Å². The van der Waals surface area contributed by atoms with Crippen LogP contribution in [0.5, 0.6) is 11.5 Å². The standard InChI is InChI=1S/C21H24F4N2O4S/c22-19-6-1-2-7-20(19)31-15-13-27-10-8-26(9-11-27)12-14-30-17-4-3-5-18(16-17)32(28,29)21(23,24)25/h1-7,16H,8-15H2. The number of alkyl halides is 3. The highest BCUT2D eigenvalue weighted by Gasteiger charge is 2.46. The first-order valence-corrected chi connectivity index (χ1v) is 11.5. The van der Waals surface area contributed by atoms with Crippen molar-refractivity contribution in [2.75, 3.05) is 52.5 Å². The van der Waals surface area contributed by atoms with Crippen LogP contribution in [-0.4, -0.2) is 76.2 Å². The van der Waals surface area contributed by atoms with Crippen LogP contribution < -0.4 is 9.47 Å². The summed E-state index contributed by atoms with van der Waals surface area (Å²) in [5.74, 6) is -0.0893. The Morgan fingerprint density at radius 1 is 0.844 bits per heavy atom. The van der Waals surface area contributed by atoms with Gasteiger partial charge in [0.15, 0.2) is 11.6 Å². The summed E-state index contributed by atoms with van der Waals surface area (Å²) in [6, 6.07) is 10.7. The molecule has 2 aromatic rings. The molecule has 0 atom stereocenters. The highest BCUT2D eigenvalue weighted by molar-refractivity contribution is 7.92. The summed E-state index contributed by atoms with van der Waals surface area (Å²) >= 11 is 0. The molecule has 0 saturated carbocycles. The Bertz CT molecular complexity index is 993. The largest absolute Gasteiger partial charge is 0.501 e. The van der Waals surface area contributed by atoms with Gasteiger partial charge in [0.2, 0.25) is 0 Å². The number of rotatable bonds is 9. The minimum Gasteiger partial charge on any atom is -0.492 e. The quantitative estimate of drug-likeness (QED) is 0.519. The first-order valence-electron chi connectivity index (χ1n) is 10.0. The fourth-order valence-electron chi connectivity index (χ4n) is 3.24. The van der Waals surface area contributed by atoms with Gasteiger partial charge in [0.1, 0.15) is 19.0 Å². The molecule has 0 amide bonds. The lowest BCUT2D eigenvalue weighted by atomic mass is 10.3. The lowest BCUT2D eigenvalue weighted by molar-refractivity contribution is -0.0436. The molecule has 176 valence electrons. The lowest BCUT2D eigenvalue weighted by Gasteiger charge is -2.34. The van der Waals surface area contributed by atoms with E-state index in [4.69, 9.17) is 9.47 Å². The molecule has 6 nitrogen and oxygen atoms in total. The molecule has 11 heteroatoms. The fourth-order valence-corrected chi connectivity index (χ4v) is 4.04. The van der Waals surface area contributed by atoms with Gasteiger partial charge in [0, 0.05) is 39.3 Å². The Morgan fingerprint density at radius 2 is 1.44 bits per heavy atom. The highest BCUT2D eigenvalue weighted by atomic mass is 32.2. The predicted molar refractivity (Wildman–Crippen MR) is 110 cm³/mol. The molecule has 0 aromatic heterocycles. The third kappa shape index (κ3) is 6.33. The molecule has 1 heterocycles. The zero-order valence-electron chi connectivity index (χ0n) is 17.2. The smallest absolute Gasteiger partial charge is 0.492 e. The van der Waals surface area contributed by atoms with Gasteiger partial charge >= 0.3 is 5.51 Å². The molecule has 1 aliphatic heterocycles. The first-order chi connectivity index (χ1) is 15.2. The molecule has 0 aliphatic carbocycles. The average molecular weight is 476 g/mol. The maximum atomic E-state index is 13.5. The summed E-state index contributed by atoms with van der Waals surface area (Å²) < 4.78 is 85.6. The Labute approximate surface area is 184 Å². The number of piperazine rings is 1. The Morgan fingerprint density at radius 3 is 2.03 bits per heavy atom. The molecule has 3 rings (SSSR count). The van der Waals surface area contributed by atoms with Crippen molar-refractivity contribution < 1.29 is 35.5 Å². The molecule has 0 N–H and O–H groups in total. The zero-order valence-corrected chi connectivity index (χ0v) is 18.0. The third-order valence-corrected chi connectivity index (χ3v) is 6.55. The van der Waals surface area contributed by atoms with Crippen LogP contribution in [0.1, 0.15) is 0 Å². The summed E-state index contributed by atoms with van der Waals surface area (Å²) in [5.41, 5.74) is -5.36. The van der Waals surface area contributed by atoms with Gasteiger partial charge in [-0.3, -0.25) is 9.80 Å². The maximum absolute atomic E-state index is 13.5. The lowest BCUT2D eigenvalue weighted by Crippen LogP contribution is -2.48. The Hall–Kier alpha value is -2.37. The minimum absolute atomic E-state index is 0.0688. The van der Waals surface area contributed by atoms with E-state index in [9.17, 15) is 26.0 Å². The van der Waals surface area contributed by atoms with Crippen molar-refractivity contribution in [1.82, 2.24) is 9.80 Å². The molecule has 2 aromatic carbocycles. The fraction of sp³-hybridized carbons (Fsp3) is 0.429. The zero-order chi connectivity index (χ0) is 23.2. The summed E-state index contributed by atoms with van der Waals surface area (Å²) in [5, 5.41) is 0. The second-order valence-corrected chi connectivity index (χ2v) is 9.18. The van der Waals surface area contributed by atoms with Gasteiger partial charge in [-0.2, -0.15) is 13.2 Å². The van der Waals surface area contributed by atoms with Gasteiger partial charge in [-0.25, -0.2) is 12.8 Å². The summed E-state index contributed by atoms with van der Waals surface area (Å²) in [4.78, 5) is 3.50. The summed E-state index contributed by atoms with van der Waals surface area (Å²) in [7, 11) is -5.41. The van der Waals surface area contributed by atoms with Gasteiger partial charge in [0.05, 0.1) is 4.90 Å². The van der Waals surface area contributed by atoms with E-state index in [1.54, 1.807) is 18.2 Å².